The Morgan fingerprint density at radius 1 is 1.32 bits per heavy atom. The molecule has 2 aromatic rings. The van der Waals surface area contributed by atoms with Crippen LogP contribution in [0.4, 0.5) is 0 Å². The SMILES string of the molecule is CCNC(c1cccnc1)C1Cc2ccccc2O1. The maximum Gasteiger partial charge on any atom is 0.123 e. The smallest absolute Gasteiger partial charge is 0.123 e. The van der Waals surface area contributed by atoms with Gasteiger partial charge < -0.3 is 10.1 Å². The molecular formula is C16H18N2O. The summed E-state index contributed by atoms with van der Waals surface area (Å²) in [4.78, 5) is 4.21. The van der Waals surface area contributed by atoms with E-state index < -0.39 is 0 Å². The van der Waals surface area contributed by atoms with Gasteiger partial charge in [-0.1, -0.05) is 31.2 Å². The van der Waals surface area contributed by atoms with Crippen LogP contribution in [0.15, 0.2) is 48.8 Å². The number of rotatable bonds is 4. The summed E-state index contributed by atoms with van der Waals surface area (Å²) in [6.45, 7) is 3.03. The van der Waals surface area contributed by atoms with E-state index in [1.165, 1.54) is 11.1 Å². The van der Waals surface area contributed by atoms with Gasteiger partial charge in [-0.25, -0.2) is 0 Å². The summed E-state index contributed by atoms with van der Waals surface area (Å²) in [5.41, 5.74) is 2.47. The van der Waals surface area contributed by atoms with Crippen molar-refractivity contribution < 1.29 is 4.74 Å². The molecule has 1 aliphatic rings. The molecule has 19 heavy (non-hydrogen) atoms. The molecule has 0 saturated heterocycles. The Bertz CT molecular complexity index is 516. The molecule has 2 unspecified atom stereocenters. The molecule has 0 radical (unpaired) electrons. The Labute approximate surface area is 113 Å². The number of para-hydroxylation sites is 1. The largest absolute Gasteiger partial charge is 0.488 e. The lowest BCUT2D eigenvalue weighted by Gasteiger charge is -2.24. The normalized spacial score (nSPS) is 18.7. The van der Waals surface area contributed by atoms with E-state index >= 15 is 0 Å². The number of likely N-dealkylation sites (N-methyl/N-ethyl adjacent to an activating group) is 1. The molecule has 3 heteroatoms. The van der Waals surface area contributed by atoms with Crippen molar-refractivity contribution in [1.82, 2.24) is 10.3 Å². The van der Waals surface area contributed by atoms with E-state index in [-0.39, 0.29) is 12.1 Å². The zero-order valence-electron chi connectivity index (χ0n) is 11.0. The zero-order valence-corrected chi connectivity index (χ0v) is 11.0. The zero-order chi connectivity index (χ0) is 13.1. The third kappa shape index (κ3) is 2.47. The molecule has 2 heterocycles. The first-order valence-electron chi connectivity index (χ1n) is 6.76. The van der Waals surface area contributed by atoms with Crippen molar-refractivity contribution >= 4 is 0 Å². The second-order valence-corrected chi connectivity index (χ2v) is 4.79. The quantitative estimate of drug-likeness (QED) is 0.911. The monoisotopic (exact) mass is 254 g/mol. The fraction of sp³-hybridized carbons (Fsp3) is 0.312. The van der Waals surface area contributed by atoms with Crippen LogP contribution in [0.5, 0.6) is 5.75 Å². The van der Waals surface area contributed by atoms with E-state index in [0.29, 0.717) is 0 Å². The molecule has 0 aliphatic carbocycles. The van der Waals surface area contributed by atoms with Gasteiger partial charge in [0.2, 0.25) is 0 Å². The van der Waals surface area contributed by atoms with Crippen LogP contribution in [0.3, 0.4) is 0 Å². The van der Waals surface area contributed by atoms with Gasteiger partial charge in [0.1, 0.15) is 11.9 Å². The standard InChI is InChI=1S/C16H18N2O/c1-2-18-16(13-7-5-9-17-11-13)15-10-12-6-3-4-8-14(12)19-15/h3-9,11,15-16,18H,2,10H2,1H3. The molecule has 0 amide bonds. The summed E-state index contributed by atoms with van der Waals surface area (Å²) in [5.74, 6) is 1.01. The van der Waals surface area contributed by atoms with E-state index in [4.69, 9.17) is 4.74 Å². The van der Waals surface area contributed by atoms with Gasteiger partial charge in [0.15, 0.2) is 0 Å². The number of nitrogens with one attached hydrogen (secondary N) is 1. The maximum absolute atomic E-state index is 6.09. The molecule has 3 rings (SSSR count). The lowest BCUT2D eigenvalue weighted by atomic mass is 9.99. The summed E-state index contributed by atoms with van der Waals surface area (Å²) in [6.07, 6.45) is 4.81. The van der Waals surface area contributed by atoms with Crippen LogP contribution in [0.2, 0.25) is 0 Å². The number of aromatic nitrogens is 1. The number of ether oxygens (including phenoxy) is 1. The summed E-state index contributed by atoms with van der Waals surface area (Å²) in [5, 5.41) is 3.51. The molecule has 1 aliphatic heterocycles. The summed E-state index contributed by atoms with van der Waals surface area (Å²) < 4.78 is 6.09. The first-order chi connectivity index (χ1) is 9.38. The van der Waals surface area contributed by atoms with Crippen LogP contribution in [0, 0.1) is 0 Å². The fourth-order valence-corrected chi connectivity index (χ4v) is 2.64. The number of fused-ring (bicyclic) bond motifs is 1. The third-order valence-electron chi connectivity index (χ3n) is 3.51. The molecule has 0 fully saturated rings. The van der Waals surface area contributed by atoms with Crippen LogP contribution < -0.4 is 10.1 Å². The number of hydrogen-bond acceptors (Lipinski definition) is 3. The van der Waals surface area contributed by atoms with Crippen molar-refractivity contribution in [2.45, 2.75) is 25.5 Å². The Hall–Kier alpha value is -1.87. The van der Waals surface area contributed by atoms with Gasteiger partial charge in [-0.2, -0.15) is 0 Å². The fourth-order valence-electron chi connectivity index (χ4n) is 2.64. The second kappa shape index (κ2) is 5.41. The predicted molar refractivity (Wildman–Crippen MR) is 75.2 cm³/mol. The van der Waals surface area contributed by atoms with Gasteiger partial charge in [0.25, 0.3) is 0 Å². The minimum atomic E-state index is 0.140. The van der Waals surface area contributed by atoms with Gasteiger partial charge in [0.05, 0.1) is 6.04 Å². The molecular weight excluding hydrogens is 236 g/mol. The topological polar surface area (TPSA) is 34.2 Å². The first-order valence-corrected chi connectivity index (χ1v) is 6.76. The maximum atomic E-state index is 6.09. The highest BCUT2D eigenvalue weighted by molar-refractivity contribution is 5.38. The van der Waals surface area contributed by atoms with Crippen LogP contribution in [-0.2, 0) is 6.42 Å². The van der Waals surface area contributed by atoms with Gasteiger partial charge >= 0.3 is 0 Å². The Morgan fingerprint density at radius 2 is 2.21 bits per heavy atom. The van der Waals surface area contributed by atoms with E-state index in [2.05, 4.69) is 35.4 Å². The Kier molecular flexibility index (Phi) is 3.47. The van der Waals surface area contributed by atoms with E-state index in [9.17, 15) is 0 Å². The van der Waals surface area contributed by atoms with Crippen molar-refractivity contribution in [1.29, 1.82) is 0 Å². The highest BCUT2D eigenvalue weighted by atomic mass is 16.5. The van der Waals surface area contributed by atoms with Crippen LogP contribution >= 0.6 is 0 Å². The average Bonchev–Trinajstić information content (AvgIpc) is 2.89. The lowest BCUT2D eigenvalue weighted by Crippen LogP contribution is -2.34. The lowest BCUT2D eigenvalue weighted by molar-refractivity contribution is 0.179. The van der Waals surface area contributed by atoms with Crippen molar-refractivity contribution in [3.63, 3.8) is 0 Å². The van der Waals surface area contributed by atoms with Gasteiger partial charge in [0, 0.05) is 18.8 Å². The van der Waals surface area contributed by atoms with E-state index in [1.807, 2.05) is 24.4 Å². The molecule has 3 nitrogen and oxygen atoms in total. The van der Waals surface area contributed by atoms with Gasteiger partial charge in [-0.3, -0.25) is 4.98 Å². The number of hydrogen-bond donors (Lipinski definition) is 1. The first kappa shape index (κ1) is 12.2. The molecule has 98 valence electrons. The van der Waals surface area contributed by atoms with Crippen molar-refractivity contribution in [2.75, 3.05) is 6.54 Å². The summed E-state index contributed by atoms with van der Waals surface area (Å²) >= 11 is 0. The molecule has 0 bridgehead atoms. The molecule has 2 atom stereocenters. The average molecular weight is 254 g/mol. The van der Waals surface area contributed by atoms with E-state index in [0.717, 1.165) is 18.7 Å². The molecule has 0 saturated carbocycles. The second-order valence-electron chi connectivity index (χ2n) is 4.79. The van der Waals surface area contributed by atoms with Crippen molar-refractivity contribution in [3.05, 3.63) is 59.9 Å². The highest BCUT2D eigenvalue weighted by Crippen LogP contribution is 2.33. The summed E-state index contributed by atoms with van der Waals surface area (Å²) in [6, 6.07) is 12.5. The van der Waals surface area contributed by atoms with Gasteiger partial charge in [-0.15, -0.1) is 0 Å². The third-order valence-corrected chi connectivity index (χ3v) is 3.51. The van der Waals surface area contributed by atoms with Gasteiger partial charge in [-0.05, 0) is 29.8 Å². The highest BCUT2D eigenvalue weighted by Gasteiger charge is 2.30. The van der Waals surface area contributed by atoms with Crippen LogP contribution in [-0.4, -0.2) is 17.6 Å². The van der Waals surface area contributed by atoms with Crippen LogP contribution in [0.1, 0.15) is 24.1 Å². The van der Waals surface area contributed by atoms with Crippen LogP contribution in [0.25, 0.3) is 0 Å². The molecule has 1 N–H and O–H groups in total. The minimum absolute atomic E-state index is 0.140. The molecule has 1 aromatic heterocycles. The molecule has 0 spiro atoms. The number of nitrogens with zero attached hydrogens (tertiary/aromatic N) is 1. The Balaban J connectivity index is 1.84. The minimum Gasteiger partial charge on any atom is -0.488 e. The van der Waals surface area contributed by atoms with Crippen molar-refractivity contribution in [2.24, 2.45) is 0 Å². The predicted octanol–water partition coefficient (Wildman–Crippen LogP) is 2.74. The number of pyridine rings is 1. The molecule has 1 aromatic carbocycles. The van der Waals surface area contributed by atoms with Crippen molar-refractivity contribution in [3.8, 4) is 5.75 Å². The number of benzene rings is 1. The summed E-state index contributed by atoms with van der Waals surface area (Å²) in [7, 11) is 0. The Morgan fingerprint density at radius 3 is 2.95 bits per heavy atom. The van der Waals surface area contributed by atoms with E-state index in [1.54, 1.807) is 6.20 Å².